The summed E-state index contributed by atoms with van der Waals surface area (Å²) in [7, 11) is 0. The largest absolute Gasteiger partial charge is 0.321 e. The summed E-state index contributed by atoms with van der Waals surface area (Å²) in [5.41, 5.74) is 3.33. The van der Waals surface area contributed by atoms with Gasteiger partial charge < -0.3 is 10.2 Å². The molecule has 1 aliphatic heterocycles. The van der Waals surface area contributed by atoms with Crippen molar-refractivity contribution in [1.82, 2.24) is 0 Å². The number of rotatable bonds is 4. The predicted octanol–water partition coefficient (Wildman–Crippen LogP) is 0.461. The van der Waals surface area contributed by atoms with Gasteiger partial charge in [0.15, 0.2) is 6.54 Å². The van der Waals surface area contributed by atoms with E-state index in [1.165, 1.54) is 16.0 Å². The lowest BCUT2D eigenvalue weighted by atomic mass is 10.1. The number of quaternary nitrogens is 1. The molecule has 0 aliphatic carbocycles. The van der Waals surface area contributed by atoms with Crippen LogP contribution in [0, 0.1) is 13.8 Å². The molecular weight excluding hydrogens is 300 g/mol. The van der Waals surface area contributed by atoms with Crippen LogP contribution in [-0.2, 0) is 4.79 Å². The molecule has 24 heavy (non-hydrogen) atoms. The highest BCUT2D eigenvalue weighted by molar-refractivity contribution is 5.91. The van der Waals surface area contributed by atoms with E-state index in [0.29, 0.717) is 6.54 Å². The second-order valence-corrected chi connectivity index (χ2v) is 6.51. The number of hydrogen-bond acceptors (Lipinski definition) is 2. The van der Waals surface area contributed by atoms with Gasteiger partial charge in [-0.15, -0.1) is 0 Å². The molecule has 0 radical (unpaired) electrons. The Kier molecular flexibility index (Phi) is 5.11. The molecule has 1 aromatic heterocycles. The van der Waals surface area contributed by atoms with Crippen molar-refractivity contribution in [3.63, 3.8) is 0 Å². The van der Waals surface area contributed by atoms with Crippen LogP contribution >= 0.6 is 0 Å². The average Bonchev–Trinajstić information content (AvgIpc) is 2.59. The number of nitrogens with one attached hydrogen (secondary N) is 3. The van der Waals surface area contributed by atoms with Gasteiger partial charge in [-0.25, -0.2) is 4.98 Å². The number of piperazine rings is 1. The van der Waals surface area contributed by atoms with Gasteiger partial charge in [0.2, 0.25) is 0 Å². The number of carbonyl (C=O) groups excluding carboxylic acids is 1. The number of aromatic amines is 1. The lowest BCUT2D eigenvalue weighted by molar-refractivity contribution is -0.892. The summed E-state index contributed by atoms with van der Waals surface area (Å²) in [4.78, 5) is 19.2. The van der Waals surface area contributed by atoms with Gasteiger partial charge in [0, 0.05) is 11.8 Å². The lowest BCUT2D eigenvalue weighted by Crippen LogP contribution is -3.15. The summed E-state index contributed by atoms with van der Waals surface area (Å²) in [5.74, 6) is 1.24. The quantitative estimate of drug-likeness (QED) is 0.858. The van der Waals surface area contributed by atoms with Crippen LogP contribution < -0.4 is 20.1 Å². The molecule has 1 amide bonds. The first kappa shape index (κ1) is 16.5. The SMILES string of the molecule is Cc1ccc(NC(=O)C[NH+]2CCN(c3cccc[nH+]3)CC2)cc1C. The van der Waals surface area contributed by atoms with Crippen LogP contribution in [0.3, 0.4) is 0 Å². The minimum atomic E-state index is 0.0907. The first-order chi connectivity index (χ1) is 11.6. The smallest absolute Gasteiger partial charge is 0.279 e. The lowest BCUT2D eigenvalue weighted by Gasteiger charge is -2.27. The van der Waals surface area contributed by atoms with E-state index in [2.05, 4.69) is 35.1 Å². The van der Waals surface area contributed by atoms with E-state index in [4.69, 9.17) is 0 Å². The number of carbonyl (C=O) groups is 1. The first-order valence-electron chi connectivity index (χ1n) is 8.54. The molecule has 0 saturated carbocycles. The zero-order valence-electron chi connectivity index (χ0n) is 14.4. The zero-order chi connectivity index (χ0) is 16.9. The van der Waals surface area contributed by atoms with Crippen molar-refractivity contribution < 1.29 is 14.7 Å². The van der Waals surface area contributed by atoms with Gasteiger partial charge in [-0.1, -0.05) is 12.1 Å². The van der Waals surface area contributed by atoms with E-state index in [1.54, 1.807) is 0 Å². The van der Waals surface area contributed by atoms with Gasteiger partial charge in [0.25, 0.3) is 11.7 Å². The Morgan fingerprint density at radius 3 is 2.62 bits per heavy atom. The summed E-state index contributed by atoms with van der Waals surface area (Å²) in [5, 5.41) is 3.02. The van der Waals surface area contributed by atoms with Crippen molar-refractivity contribution in [2.75, 3.05) is 42.9 Å². The number of H-pyrrole nitrogens is 1. The molecule has 1 aliphatic rings. The van der Waals surface area contributed by atoms with Gasteiger partial charge in [-0.3, -0.25) is 9.69 Å². The predicted molar refractivity (Wildman–Crippen MR) is 95.3 cm³/mol. The van der Waals surface area contributed by atoms with Crippen LogP contribution in [0.5, 0.6) is 0 Å². The standard InChI is InChI=1S/C19H24N4O/c1-15-6-7-17(13-16(15)2)21-19(24)14-22-9-11-23(12-10-22)18-5-3-4-8-20-18/h3-8,13H,9-12,14H2,1-2H3,(H,21,24)/p+2. The molecular formula is C19H26N4O+2. The first-order valence-corrected chi connectivity index (χ1v) is 8.54. The Balaban J connectivity index is 1.49. The molecule has 0 spiro atoms. The molecule has 2 aromatic rings. The normalized spacial score (nSPS) is 15.3. The maximum Gasteiger partial charge on any atom is 0.279 e. The van der Waals surface area contributed by atoms with Crippen molar-refractivity contribution in [1.29, 1.82) is 0 Å². The van der Waals surface area contributed by atoms with Crippen molar-refractivity contribution >= 4 is 17.4 Å². The third kappa shape index (κ3) is 4.11. The Hall–Kier alpha value is -2.40. The number of benzene rings is 1. The van der Waals surface area contributed by atoms with Crippen molar-refractivity contribution in [2.45, 2.75) is 13.8 Å². The van der Waals surface area contributed by atoms with Crippen LogP contribution in [-0.4, -0.2) is 38.6 Å². The maximum absolute atomic E-state index is 12.3. The van der Waals surface area contributed by atoms with Gasteiger partial charge in [-0.05, 0) is 43.2 Å². The maximum atomic E-state index is 12.3. The molecule has 5 nitrogen and oxygen atoms in total. The fourth-order valence-corrected chi connectivity index (χ4v) is 3.07. The number of amides is 1. The van der Waals surface area contributed by atoms with E-state index in [0.717, 1.165) is 37.7 Å². The number of aryl methyl sites for hydroxylation is 2. The van der Waals surface area contributed by atoms with Crippen LogP contribution in [0.1, 0.15) is 11.1 Å². The summed E-state index contributed by atoms with van der Waals surface area (Å²) >= 11 is 0. The molecule has 1 fully saturated rings. The van der Waals surface area contributed by atoms with Crippen LogP contribution in [0.4, 0.5) is 11.5 Å². The molecule has 0 unspecified atom stereocenters. The van der Waals surface area contributed by atoms with Gasteiger partial charge >= 0.3 is 0 Å². The van der Waals surface area contributed by atoms with Crippen molar-refractivity contribution in [3.05, 3.63) is 53.7 Å². The van der Waals surface area contributed by atoms with E-state index in [1.807, 2.05) is 36.5 Å². The van der Waals surface area contributed by atoms with Gasteiger partial charge in [-0.2, -0.15) is 0 Å². The fraction of sp³-hybridized carbons (Fsp3) is 0.368. The Morgan fingerprint density at radius 2 is 1.96 bits per heavy atom. The topological polar surface area (TPSA) is 50.9 Å². The molecule has 3 rings (SSSR count). The van der Waals surface area contributed by atoms with Crippen molar-refractivity contribution in [3.8, 4) is 0 Å². The molecule has 1 saturated heterocycles. The molecule has 0 bridgehead atoms. The van der Waals surface area contributed by atoms with Gasteiger partial charge in [0.05, 0.1) is 6.20 Å². The third-order valence-electron chi connectivity index (χ3n) is 4.71. The number of anilines is 2. The second kappa shape index (κ2) is 7.45. The van der Waals surface area contributed by atoms with Gasteiger partial charge in [0.1, 0.15) is 26.2 Å². The number of hydrogen-bond donors (Lipinski definition) is 2. The van der Waals surface area contributed by atoms with E-state index < -0.39 is 0 Å². The van der Waals surface area contributed by atoms with E-state index >= 15 is 0 Å². The Bertz CT molecular complexity index is 694. The molecule has 126 valence electrons. The molecule has 3 N–H and O–H groups in total. The minimum Gasteiger partial charge on any atom is -0.321 e. The van der Waals surface area contributed by atoms with E-state index in [9.17, 15) is 4.79 Å². The van der Waals surface area contributed by atoms with Crippen LogP contribution in [0.25, 0.3) is 0 Å². The highest BCUT2D eigenvalue weighted by atomic mass is 16.2. The number of nitrogens with zero attached hydrogens (tertiary/aromatic N) is 1. The summed E-state index contributed by atoms with van der Waals surface area (Å²) in [6.45, 7) is 8.55. The Labute approximate surface area is 143 Å². The molecule has 0 atom stereocenters. The number of aromatic nitrogens is 1. The van der Waals surface area contributed by atoms with Crippen LogP contribution in [0.2, 0.25) is 0 Å². The zero-order valence-corrected chi connectivity index (χ0v) is 14.4. The molecule has 5 heteroatoms. The van der Waals surface area contributed by atoms with Crippen LogP contribution in [0.15, 0.2) is 42.6 Å². The summed E-state index contributed by atoms with van der Waals surface area (Å²) < 4.78 is 0. The third-order valence-corrected chi connectivity index (χ3v) is 4.71. The van der Waals surface area contributed by atoms with Crippen molar-refractivity contribution in [2.24, 2.45) is 0 Å². The monoisotopic (exact) mass is 326 g/mol. The highest BCUT2D eigenvalue weighted by Crippen LogP contribution is 2.13. The molecule has 2 heterocycles. The second-order valence-electron chi connectivity index (χ2n) is 6.51. The summed E-state index contributed by atoms with van der Waals surface area (Å²) in [6, 6.07) is 12.2. The highest BCUT2D eigenvalue weighted by Gasteiger charge is 2.27. The number of pyridine rings is 1. The summed E-state index contributed by atoms with van der Waals surface area (Å²) in [6.07, 6.45) is 1.95. The fourth-order valence-electron chi connectivity index (χ4n) is 3.07. The molecule has 1 aromatic carbocycles. The minimum absolute atomic E-state index is 0.0907. The average molecular weight is 326 g/mol. The van der Waals surface area contributed by atoms with E-state index in [-0.39, 0.29) is 5.91 Å². The Morgan fingerprint density at radius 1 is 1.17 bits per heavy atom.